The summed E-state index contributed by atoms with van der Waals surface area (Å²) in [5.74, 6) is 0.633. The zero-order valence-electron chi connectivity index (χ0n) is 9.42. The summed E-state index contributed by atoms with van der Waals surface area (Å²) in [7, 11) is 0. The zero-order chi connectivity index (χ0) is 11.8. The van der Waals surface area contributed by atoms with Crippen molar-refractivity contribution in [3.8, 4) is 0 Å². The minimum Gasteiger partial charge on any atom is -0.439 e. The molecule has 2 aromatic heterocycles. The molecule has 0 aliphatic heterocycles. The molecule has 5 heteroatoms. The molecule has 2 N–H and O–H groups in total. The Kier molecular flexibility index (Phi) is 2.11. The van der Waals surface area contributed by atoms with Crippen molar-refractivity contribution in [1.82, 2.24) is 14.8 Å². The number of hydrogen-bond donors (Lipinski definition) is 1. The van der Waals surface area contributed by atoms with Gasteiger partial charge in [-0.3, -0.25) is 4.68 Å². The quantitative estimate of drug-likeness (QED) is 0.681. The predicted octanol–water partition coefficient (Wildman–Crippen LogP) is 1.96. The molecule has 3 aromatic rings. The summed E-state index contributed by atoms with van der Waals surface area (Å²) in [5, 5.41) is 4.29. The number of nitrogen functional groups attached to an aromatic ring is 1. The largest absolute Gasteiger partial charge is 0.439 e. The third-order valence-corrected chi connectivity index (χ3v) is 2.53. The molecule has 0 fully saturated rings. The van der Waals surface area contributed by atoms with Crippen LogP contribution in [0.3, 0.4) is 0 Å². The van der Waals surface area contributed by atoms with Crippen LogP contribution in [0.4, 0.5) is 5.69 Å². The standard InChI is InChI=1S/C12H12N4O/c1-8-4-5-16(15-8)7-12-14-10-3-2-9(13)6-11(10)17-12/h2-6H,7,13H2,1H3. The highest BCUT2D eigenvalue weighted by Gasteiger charge is 2.06. The van der Waals surface area contributed by atoms with Gasteiger partial charge in [0.2, 0.25) is 5.89 Å². The van der Waals surface area contributed by atoms with Crippen LogP contribution in [0, 0.1) is 6.92 Å². The minimum absolute atomic E-state index is 0.530. The van der Waals surface area contributed by atoms with Crippen molar-refractivity contribution in [2.24, 2.45) is 0 Å². The number of nitrogens with zero attached hydrogens (tertiary/aromatic N) is 3. The van der Waals surface area contributed by atoms with Crippen LogP contribution in [-0.4, -0.2) is 14.8 Å². The van der Waals surface area contributed by atoms with Gasteiger partial charge >= 0.3 is 0 Å². The monoisotopic (exact) mass is 228 g/mol. The first-order chi connectivity index (χ1) is 8.20. The first-order valence-corrected chi connectivity index (χ1v) is 5.36. The topological polar surface area (TPSA) is 69.9 Å². The van der Waals surface area contributed by atoms with Gasteiger partial charge in [0.1, 0.15) is 12.1 Å². The summed E-state index contributed by atoms with van der Waals surface area (Å²) in [6, 6.07) is 7.39. The minimum atomic E-state index is 0.530. The number of rotatable bonds is 2. The molecule has 0 radical (unpaired) electrons. The predicted molar refractivity (Wildman–Crippen MR) is 64.5 cm³/mol. The van der Waals surface area contributed by atoms with E-state index in [1.165, 1.54) is 0 Å². The van der Waals surface area contributed by atoms with Gasteiger partial charge in [-0.2, -0.15) is 5.10 Å². The molecule has 0 bridgehead atoms. The molecule has 2 heterocycles. The van der Waals surface area contributed by atoms with Crippen LogP contribution < -0.4 is 5.73 Å². The SMILES string of the molecule is Cc1ccn(Cc2nc3ccc(N)cc3o2)n1. The number of aromatic nitrogens is 3. The molecule has 0 unspecified atom stereocenters. The van der Waals surface area contributed by atoms with Gasteiger partial charge < -0.3 is 10.2 Å². The van der Waals surface area contributed by atoms with Crippen LogP contribution in [-0.2, 0) is 6.54 Å². The zero-order valence-corrected chi connectivity index (χ0v) is 9.42. The van der Waals surface area contributed by atoms with E-state index in [0.717, 1.165) is 11.2 Å². The maximum Gasteiger partial charge on any atom is 0.217 e. The van der Waals surface area contributed by atoms with Crippen LogP contribution >= 0.6 is 0 Å². The molecule has 3 rings (SSSR count). The van der Waals surface area contributed by atoms with Crippen molar-refractivity contribution in [1.29, 1.82) is 0 Å². The highest BCUT2D eigenvalue weighted by atomic mass is 16.3. The summed E-state index contributed by atoms with van der Waals surface area (Å²) in [6.07, 6.45) is 1.90. The van der Waals surface area contributed by atoms with Crippen LogP contribution in [0.1, 0.15) is 11.6 Å². The lowest BCUT2D eigenvalue weighted by Crippen LogP contribution is -2.00. The van der Waals surface area contributed by atoms with Gasteiger partial charge in [-0.25, -0.2) is 4.98 Å². The Hall–Kier alpha value is -2.30. The summed E-state index contributed by atoms with van der Waals surface area (Å²) >= 11 is 0. The maximum atomic E-state index is 5.68. The molecular weight excluding hydrogens is 216 g/mol. The van der Waals surface area contributed by atoms with Crippen molar-refractivity contribution in [3.05, 3.63) is 42.0 Å². The first-order valence-electron chi connectivity index (χ1n) is 5.36. The van der Waals surface area contributed by atoms with E-state index in [-0.39, 0.29) is 0 Å². The van der Waals surface area contributed by atoms with E-state index < -0.39 is 0 Å². The number of benzene rings is 1. The maximum absolute atomic E-state index is 5.68. The second kappa shape index (κ2) is 3.62. The number of fused-ring (bicyclic) bond motifs is 1. The van der Waals surface area contributed by atoms with Crippen LogP contribution in [0.25, 0.3) is 11.1 Å². The Morgan fingerprint density at radius 3 is 3.00 bits per heavy atom. The Morgan fingerprint density at radius 2 is 2.24 bits per heavy atom. The fourth-order valence-corrected chi connectivity index (χ4v) is 1.75. The normalized spacial score (nSPS) is 11.1. The lowest BCUT2D eigenvalue weighted by atomic mass is 10.3. The molecule has 0 aliphatic rings. The van der Waals surface area contributed by atoms with Crippen molar-refractivity contribution in [2.45, 2.75) is 13.5 Å². The van der Waals surface area contributed by atoms with E-state index in [4.69, 9.17) is 10.2 Å². The molecule has 0 spiro atoms. The van der Waals surface area contributed by atoms with Crippen LogP contribution in [0.2, 0.25) is 0 Å². The van der Waals surface area contributed by atoms with Crippen molar-refractivity contribution in [3.63, 3.8) is 0 Å². The van der Waals surface area contributed by atoms with Gasteiger partial charge in [0.25, 0.3) is 0 Å². The van der Waals surface area contributed by atoms with Gasteiger partial charge in [0.15, 0.2) is 5.58 Å². The van der Waals surface area contributed by atoms with Crippen LogP contribution in [0.5, 0.6) is 0 Å². The van der Waals surface area contributed by atoms with Crippen LogP contribution in [0.15, 0.2) is 34.9 Å². The van der Waals surface area contributed by atoms with Gasteiger partial charge in [-0.15, -0.1) is 0 Å². The second-order valence-electron chi connectivity index (χ2n) is 3.99. The third-order valence-electron chi connectivity index (χ3n) is 2.53. The Balaban J connectivity index is 1.95. The average Bonchev–Trinajstić information content (AvgIpc) is 2.84. The number of aryl methyl sites for hydroxylation is 1. The van der Waals surface area contributed by atoms with Crippen molar-refractivity contribution >= 4 is 16.8 Å². The highest BCUT2D eigenvalue weighted by Crippen LogP contribution is 2.18. The molecule has 0 amide bonds. The summed E-state index contributed by atoms with van der Waals surface area (Å²) in [4.78, 5) is 4.38. The van der Waals surface area contributed by atoms with Crippen molar-refractivity contribution < 1.29 is 4.42 Å². The van der Waals surface area contributed by atoms with Gasteiger partial charge in [-0.1, -0.05) is 0 Å². The van der Waals surface area contributed by atoms with E-state index in [1.54, 1.807) is 10.7 Å². The third kappa shape index (κ3) is 1.87. The fraction of sp³-hybridized carbons (Fsp3) is 0.167. The lowest BCUT2D eigenvalue weighted by Gasteiger charge is -1.94. The smallest absolute Gasteiger partial charge is 0.217 e. The number of nitrogens with two attached hydrogens (primary N) is 1. The molecule has 0 atom stereocenters. The second-order valence-corrected chi connectivity index (χ2v) is 3.99. The van der Waals surface area contributed by atoms with E-state index in [2.05, 4.69) is 10.1 Å². The summed E-state index contributed by atoms with van der Waals surface area (Å²) in [5.41, 5.74) is 8.87. The Bertz CT molecular complexity index is 668. The van der Waals surface area contributed by atoms with Crippen molar-refractivity contribution in [2.75, 3.05) is 5.73 Å². The molecule has 17 heavy (non-hydrogen) atoms. The fourth-order valence-electron chi connectivity index (χ4n) is 1.75. The van der Waals surface area contributed by atoms with E-state index in [0.29, 0.717) is 23.7 Å². The Morgan fingerprint density at radius 1 is 1.35 bits per heavy atom. The number of hydrogen-bond acceptors (Lipinski definition) is 4. The van der Waals surface area contributed by atoms with E-state index in [9.17, 15) is 0 Å². The van der Waals surface area contributed by atoms with Gasteiger partial charge in [0, 0.05) is 18.0 Å². The number of anilines is 1. The summed E-state index contributed by atoms with van der Waals surface area (Å²) < 4.78 is 7.41. The lowest BCUT2D eigenvalue weighted by molar-refractivity contribution is 0.491. The molecular formula is C12H12N4O. The van der Waals surface area contributed by atoms with Gasteiger partial charge in [-0.05, 0) is 25.1 Å². The average molecular weight is 228 g/mol. The molecule has 0 saturated carbocycles. The summed E-state index contributed by atoms with van der Waals surface area (Å²) in [6.45, 7) is 2.48. The van der Waals surface area contributed by atoms with E-state index >= 15 is 0 Å². The molecule has 1 aromatic carbocycles. The molecule has 86 valence electrons. The molecule has 0 aliphatic carbocycles. The molecule has 5 nitrogen and oxygen atoms in total. The van der Waals surface area contributed by atoms with E-state index in [1.807, 2.05) is 31.3 Å². The number of oxazole rings is 1. The van der Waals surface area contributed by atoms with Gasteiger partial charge in [0.05, 0.1) is 5.69 Å². The Labute approximate surface area is 97.9 Å². The molecule has 0 saturated heterocycles. The highest BCUT2D eigenvalue weighted by molar-refractivity contribution is 5.76. The first kappa shape index (κ1) is 9.89.